The van der Waals surface area contributed by atoms with Gasteiger partial charge in [-0.15, -0.1) is 0 Å². The maximum absolute atomic E-state index is 5.22. The minimum Gasteiger partial charge on any atom is -0.492 e. The lowest BCUT2D eigenvalue weighted by atomic mass is 10.4. The molecule has 0 aliphatic rings. The van der Waals surface area contributed by atoms with Crippen molar-refractivity contribution in [3.05, 3.63) is 37.1 Å². The van der Waals surface area contributed by atoms with Gasteiger partial charge in [-0.25, -0.2) is 0 Å². The molecule has 0 rings (SSSR count). The zero-order chi connectivity index (χ0) is 7.82. The van der Waals surface area contributed by atoms with Crippen LogP contribution in [0.3, 0.4) is 0 Å². The van der Waals surface area contributed by atoms with Crippen molar-refractivity contribution in [3.63, 3.8) is 0 Å². The SMILES string of the molecule is C=C/C=C(\C=C)OCCN.[HH]. The number of hydrogen-bond acceptors (Lipinski definition) is 2. The maximum Gasteiger partial charge on any atom is 0.118 e. The van der Waals surface area contributed by atoms with Gasteiger partial charge in [0.25, 0.3) is 0 Å². The minimum atomic E-state index is 0. The molecule has 0 fully saturated rings. The summed E-state index contributed by atoms with van der Waals surface area (Å²) in [6, 6.07) is 0. The highest BCUT2D eigenvalue weighted by molar-refractivity contribution is 5.14. The third kappa shape index (κ3) is 3.92. The topological polar surface area (TPSA) is 35.2 Å². The first kappa shape index (κ1) is 8.98. The van der Waals surface area contributed by atoms with Crippen LogP contribution in [0.1, 0.15) is 1.43 Å². The third-order valence-electron chi connectivity index (χ3n) is 0.870. The Balaban J connectivity index is 0. The number of allylic oxidation sites excluding steroid dienone is 3. The standard InChI is InChI=1S/C8H13NO.H2/c1-3-5-8(4-2)10-7-6-9;/h3-5H,1-2,6-7,9H2;1H/b8-5+;. The van der Waals surface area contributed by atoms with Crippen molar-refractivity contribution in [2.24, 2.45) is 5.73 Å². The third-order valence-corrected chi connectivity index (χ3v) is 0.870. The summed E-state index contributed by atoms with van der Waals surface area (Å²) in [6.07, 6.45) is 5.01. The predicted molar refractivity (Wildman–Crippen MR) is 45.6 cm³/mol. The zero-order valence-corrected chi connectivity index (χ0v) is 6.05. The van der Waals surface area contributed by atoms with Gasteiger partial charge in [0, 0.05) is 7.97 Å². The van der Waals surface area contributed by atoms with Gasteiger partial charge in [-0.05, 0) is 12.2 Å². The Morgan fingerprint density at radius 3 is 2.70 bits per heavy atom. The van der Waals surface area contributed by atoms with Crippen LogP contribution >= 0.6 is 0 Å². The van der Waals surface area contributed by atoms with Gasteiger partial charge in [0.05, 0.1) is 0 Å². The Labute approximate surface area is 63.2 Å². The Morgan fingerprint density at radius 2 is 2.30 bits per heavy atom. The molecule has 0 saturated heterocycles. The van der Waals surface area contributed by atoms with E-state index in [4.69, 9.17) is 10.5 Å². The van der Waals surface area contributed by atoms with E-state index in [0.717, 1.165) is 0 Å². The molecule has 0 aromatic heterocycles. The summed E-state index contributed by atoms with van der Waals surface area (Å²) >= 11 is 0. The van der Waals surface area contributed by atoms with Gasteiger partial charge < -0.3 is 10.5 Å². The monoisotopic (exact) mass is 141 g/mol. The summed E-state index contributed by atoms with van der Waals surface area (Å²) in [5, 5.41) is 0. The van der Waals surface area contributed by atoms with Gasteiger partial charge >= 0.3 is 0 Å². The second kappa shape index (κ2) is 6.11. The first-order valence-electron chi connectivity index (χ1n) is 3.13. The van der Waals surface area contributed by atoms with Gasteiger partial charge in [-0.1, -0.05) is 19.2 Å². The summed E-state index contributed by atoms with van der Waals surface area (Å²) in [4.78, 5) is 0. The van der Waals surface area contributed by atoms with Crippen LogP contribution in [-0.2, 0) is 4.74 Å². The summed E-state index contributed by atoms with van der Waals surface area (Å²) in [5.74, 6) is 0.709. The molecule has 0 radical (unpaired) electrons. The molecule has 0 amide bonds. The van der Waals surface area contributed by atoms with Crippen LogP contribution in [0, 0.1) is 0 Å². The Bertz CT molecular complexity index is 143. The molecule has 0 heterocycles. The molecule has 2 heteroatoms. The van der Waals surface area contributed by atoms with Crippen molar-refractivity contribution in [2.45, 2.75) is 0 Å². The molecule has 10 heavy (non-hydrogen) atoms. The van der Waals surface area contributed by atoms with E-state index in [0.29, 0.717) is 18.9 Å². The van der Waals surface area contributed by atoms with E-state index in [1.165, 1.54) is 0 Å². The largest absolute Gasteiger partial charge is 0.492 e. The highest BCUT2D eigenvalue weighted by Gasteiger charge is 1.86. The molecule has 0 saturated carbocycles. The number of hydrogen-bond donors (Lipinski definition) is 1. The molecule has 58 valence electrons. The first-order valence-corrected chi connectivity index (χ1v) is 3.13. The fraction of sp³-hybridized carbons (Fsp3) is 0.250. The van der Waals surface area contributed by atoms with E-state index < -0.39 is 0 Å². The van der Waals surface area contributed by atoms with Crippen LogP contribution in [0.4, 0.5) is 0 Å². The van der Waals surface area contributed by atoms with Crippen LogP contribution in [0.25, 0.3) is 0 Å². The lowest BCUT2D eigenvalue weighted by molar-refractivity contribution is 0.234. The van der Waals surface area contributed by atoms with Gasteiger partial charge in [0.1, 0.15) is 12.4 Å². The van der Waals surface area contributed by atoms with Crippen molar-refractivity contribution in [2.75, 3.05) is 13.2 Å². The van der Waals surface area contributed by atoms with E-state index in [-0.39, 0.29) is 1.43 Å². The average molecular weight is 141 g/mol. The van der Waals surface area contributed by atoms with Gasteiger partial charge in [0.15, 0.2) is 0 Å². The lowest BCUT2D eigenvalue weighted by Gasteiger charge is -2.02. The second-order valence-electron chi connectivity index (χ2n) is 1.65. The van der Waals surface area contributed by atoms with Crippen molar-refractivity contribution >= 4 is 0 Å². The summed E-state index contributed by atoms with van der Waals surface area (Å²) < 4.78 is 5.13. The highest BCUT2D eigenvalue weighted by Crippen LogP contribution is 1.96. The van der Waals surface area contributed by atoms with Crippen molar-refractivity contribution in [3.8, 4) is 0 Å². The summed E-state index contributed by atoms with van der Waals surface area (Å²) in [7, 11) is 0. The highest BCUT2D eigenvalue weighted by atomic mass is 16.5. The van der Waals surface area contributed by atoms with Crippen LogP contribution in [0.2, 0.25) is 0 Å². The number of rotatable bonds is 5. The van der Waals surface area contributed by atoms with E-state index in [9.17, 15) is 0 Å². The summed E-state index contributed by atoms with van der Waals surface area (Å²) in [5.41, 5.74) is 5.22. The lowest BCUT2D eigenvalue weighted by Crippen LogP contribution is -2.07. The molecule has 2 N–H and O–H groups in total. The van der Waals surface area contributed by atoms with E-state index in [1.807, 2.05) is 0 Å². The van der Waals surface area contributed by atoms with Crippen molar-refractivity contribution in [1.82, 2.24) is 0 Å². The predicted octanol–water partition coefficient (Wildman–Crippen LogP) is 1.46. The molecular weight excluding hydrogens is 126 g/mol. The molecule has 0 aromatic rings. The molecule has 0 unspecified atom stereocenters. The minimum absolute atomic E-state index is 0. The van der Waals surface area contributed by atoms with Crippen LogP contribution < -0.4 is 5.73 Å². The number of ether oxygens (including phenoxy) is 1. The summed E-state index contributed by atoms with van der Waals surface area (Å²) in [6.45, 7) is 8.11. The first-order chi connectivity index (χ1) is 4.85. The zero-order valence-electron chi connectivity index (χ0n) is 6.05. The molecule has 0 bridgehead atoms. The molecule has 0 aromatic carbocycles. The normalized spacial score (nSPS) is 10.7. The van der Waals surface area contributed by atoms with Crippen LogP contribution in [-0.4, -0.2) is 13.2 Å². The number of nitrogens with two attached hydrogens (primary N) is 1. The second-order valence-corrected chi connectivity index (χ2v) is 1.65. The Morgan fingerprint density at radius 1 is 1.60 bits per heavy atom. The van der Waals surface area contributed by atoms with Gasteiger partial charge in [-0.2, -0.15) is 0 Å². The van der Waals surface area contributed by atoms with Crippen LogP contribution in [0.5, 0.6) is 0 Å². The molecule has 0 spiro atoms. The molecule has 2 nitrogen and oxygen atoms in total. The average Bonchev–Trinajstić information content (AvgIpc) is 1.98. The Kier molecular flexibility index (Phi) is 5.48. The quantitative estimate of drug-likeness (QED) is 0.464. The van der Waals surface area contributed by atoms with E-state index >= 15 is 0 Å². The fourth-order valence-electron chi connectivity index (χ4n) is 0.468. The molecular formula is C8H15NO. The Hall–Kier alpha value is -1.02. The van der Waals surface area contributed by atoms with Gasteiger partial charge in [0.2, 0.25) is 0 Å². The van der Waals surface area contributed by atoms with Crippen molar-refractivity contribution in [1.29, 1.82) is 0 Å². The fourth-order valence-corrected chi connectivity index (χ4v) is 0.468. The molecule has 0 atom stereocenters. The van der Waals surface area contributed by atoms with Gasteiger partial charge in [-0.3, -0.25) is 0 Å². The maximum atomic E-state index is 5.22. The molecule has 0 aliphatic carbocycles. The van der Waals surface area contributed by atoms with E-state index in [2.05, 4.69) is 13.2 Å². The molecule has 0 aliphatic heterocycles. The van der Waals surface area contributed by atoms with Crippen molar-refractivity contribution < 1.29 is 6.16 Å². The van der Waals surface area contributed by atoms with Crippen LogP contribution in [0.15, 0.2) is 37.1 Å². The van der Waals surface area contributed by atoms with E-state index in [1.54, 1.807) is 18.2 Å². The smallest absolute Gasteiger partial charge is 0.118 e.